The van der Waals surface area contributed by atoms with E-state index in [2.05, 4.69) is 20.9 Å². The van der Waals surface area contributed by atoms with Crippen molar-refractivity contribution in [3.05, 3.63) is 126 Å². The summed E-state index contributed by atoms with van der Waals surface area (Å²) in [5.41, 5.74) is 7.79. The monoisotopic (exact) mass is 619 g/mol. The number of aliphatic carboxylic acids is 1. The lowest BCUT2D eigenvalue weighted by molar-refractivity contribution is -0.252. The highest BCUT2D eigenvalue weighted by Crippen LogP contribution is 2.39. The lowest BCUT2D eigenvalue weighted by Crippen LogP contribution is -2.32. The van der Waals surface area contributed by atoms with Crippen LogP contribution in [0, 0.1) is 0 Å². The van der Waals surface area contributed by atoms with E-state index >= 15 is 0 Å². The van der Waals surface area contributed by atoms with Crippen LogP contribution < -0.4 is 5.32 Å². The van der Waals surface area contributed by atoms with Crippen LogP contribution in [0.25, 0.3) is 22.2 Å². The SMILES string of the molecule is O=C(O)CCCC(=O)NCc1cccc(-c2ccc([C@@H]3O[C@H](Cn4cnc5ccccc54)C[C@H](c4ccc(CO)cc4)O3)cc2)c1. The number of fused-ring (bicyclic) bond motifs is 1. The Morgan fingerprint density at radius 2 is 1.63 bits per heavy atom. The summed E-state index contributed by atoms with van der Waals surface area (Å²) in [5, 5.41) is 21.2. The van der Waals surface area contributed by atoms with Gasteiger partial charge in [-0.25, -0.2) is 4.98 Å². The van der Waals surface area contributed by atoms with E-state index in [1.807, 2.05) is 97.3 Å². The maximum atomic E-state index is 12.1. The highest BCUT2D eigenvalue weighted by atomic mass is 16.7. The Morgan fingerprint density at radius 1 is 0.848 bits per heavy atom. The molecule has 5 aromatic rings. The molecule has 1 aromatic heterocycles. The van der Waals surface area contributed by atoms with Crippen LogP contribution in [0.3, 0.4) is 0 Å². The normalized spacial score (nSPS) is 18.0. The topological polar surface area (TPSA) is 123 Å². The van der Waals surface area contributed by atoms with Crippen LogP contribution in [0.4, 0.5) is 0 Å². The van der Waals surface area contributed by atoms with E-state index in [4.69, 9.17) is 14.6 Å². The predicted molar refractivity (Wildman–Crippen MR) is 173 cm³/mol. The number of nitrogens with zero attached hydrogens (tertiary/aromatic N) is 2. The second-order valence-corrected chi connectivity index (χ2v) is 11.6. The maximum absolute atomic E-state index is 12.1. The fourth-order valence-corrected chi connectivity index (χ4v) is 5.79. The zero-order valence-corrected chi connectivity index (χ0v) is 25.4. The molecule has 3 N–H and O–H groups in total. The number of aliphatic hydroxyl groups is 1. The molecule has 1 aliphatic rings. The van der Waals surface area contributed by atoms with Gasteiger partial charge in [-0.3, -0.25) is 9.59 Å². The molecule has 0 spiro atoms. The van der Waals surface area contributed by atoms with E-state index in [1.165, 1.54) is 0 Å². The van der Waals surface area contributed by atoms with Crippen LogP contribution in [0.1, 0.15) is 60.3 Å². The smallest absolute Gasteiger partial charge is 0.303 e. The van der Waals surface area contributed by atoms with Gasteiger partial charge in [-0.15, -0.1) is 0 Å². The minimum Gasteiger partial charge on any atom is -0.481 e. The number of carbonyl (C=O) groups is 2. The zero-order chi connectivity index (χ0) is 31.9. The standard InChI is InChI=1S/C37H37N3O6/c41-23-25-11-13-28(14-12-25)34-20-31(22-40-24-39-32-7-1-2-8-33(32)40)45-37(46-34)29-17-15-27(16-18-29)30-6-3-5-26(19-30)21-38-35(42)9-4-10-36(43)44/h1-3,5-8,11-19,24,31,34,37,41H,4,9-10,20-23H2,(H,38,42)(H,43,44)/t31-,34+,37+/m0/s1. The number of aromatic nitrogens is 2. The van der Waals surface area contributed by atoms with Crippen molar-refractivity contribution in [1.82, 2.24) is 14.9 Å². The summed E-state index contributed by atoms with van der Waals surface area (Å²) in [5.74, 6) is -1.06. The quantitative estimate of drug-likeness (QED) is 0.150. The molecule has 1 aliphatic heterocycles. The van der Waals surface area contributed by atoms with Crippen LogP contribution in [-0.4, -0.2) is 37.7 Å². The van der Waals surface area contributed by atoms with Crippen molar-refractivity contribution in [2.45, 2.75) is 63.9 Å². The molecular formula is C37H37N3O6. The summed E-state index contributed by atoms with van der Waals surface area (Å²) in [6.07, 6.45) is 2.12. The van der Waals surface area contributed by atoms with Crippen molar-refractivity contribution in [3.63, 3.8) is 0 Å². The largest absolute Gasteiger partial charge is 0.481 e. The molecule has 0 bridgehead atoms. The van der Waals surface area contributed by atoms with E-state index in [0.29, 0.717) is 25.9 Å². The Balaban J connectivity index is 1.17. The van der Waals surface area contributed by atoms with Crippen LogP contribution >= 0.6 is 0 Å². The molecule has 9 heteroatoms. The zero-order valence-electron chi connectivity index (χ0n) is 25.4. The average Bonchev–Trinajstić information content (AvgIpc) is 3.49. The van der Waals surface area contributed by atoms with Gasteiger partial charge in [-0.2, -0.15) is 0 Å². The predicted octanol–water partition coefficient (Wildman–Crippen LogP) is 6.31. The molecule has 1 amide bonds. The Morgan fingerprint density at radius 3 is 2.41 bits per heavy atom. The number of benzene rings is 4. The van der Waals surface area contributed by atoms with Crippen LogP contribution in [0.15, 0.2) is 103 Å². The number of aliphatic hydroxyl groups excluding tert-OH is 1. The molecule has 0 aliphatic carbocycles. The second-order valence-electron chi connectivity index (χ2n) is 11.6. The molecule has 0 unspecified atom stereocenters. The number of carboxylic acid groups (broad SMARTS) is 1. The van der Waals surface area contributed by atoms with Crippen LogP contribution in [0.2, 0.25) is 0 Å². The molecule has 4 aromatic carbocycles. The van der Waals surface area contributed by atoms with Gasteiger partial charge in [0.05, 0.1) is 42.7 Å². The molecule has 1 saturated heterocycles. The van der Waals surface area contributed by atoms with E-state index < -0.39 is 12.3 Å². The fraction of sp³-hybridized carbons (Fsp3) is 0.270. The Bertz CT molecular complexity index is 1780. The first-order valence-corrected chi connectivity index (χ1v) is 15.5. The van der Waals surface area contributed by atoms with Crippen molar-refractivity contribution >= 4 is 22.9 Å². The summed E-state index contributed by atoms with van der Waals surface area (Å²) >= 11 is 0. The minimum atomic E-state index is -0.899. The number of rotatable bonds is 12. The minimum absolute atomic E-state index is 0.00758. The Hall–Kier alpha value is -4.83. The molecule has 0 radical (unpaired) electrons. The van der Waals surface area contributed by atoms with Gasteiger partial charge in [0.15, 0.2) is 6.29 Å². The van der Waals surface area contributed by atoms with Gasteiger partial charge >= 0.3 is 5.97 Å². The summed E-state index contributed by atoms with van der Waals surface area (Å²) in [4.78, 5) is 27.4. The first kappa shape index (κ1) is 31.2. The fourth-order valence-electron chi connectivity index (χ4n) is 5.79. The van der Waals surface area contributed by atoms with Gasteiger partial charge in [0, 0.05) is 31.4 Å². The first-order chi connectivity index (χ1) is 22.4. The number of carbonyl (C=O) groups excluding carboxylic acids is 1. The van der Waals surface area contributed by atoms with Crippen LogP contribution in [-0.2, 0) is 38.8 Å². The van der Waals surface area contributed by atoms with Gasteiger partial charge in [0.1, 0.15) is 0 Å². The Labute approximate surface area is 267 Å². The third-order valence-electron chi connectivity index (χ3n) is 8.27. The number of para-hydroxylation sites is 2. The molecule has 1 fully saturated rings. The van der Waals surface area contributed by atoms with E-state index in [9.17, 15) is 14.7 Å². The van der Waals surface area contributed by atoms with Gasteiger partial charge in [0.25, 0.3) is 0 Å². The highest BCUT2D eigenvalue weighted by molar-refractivity contribution is 5.77. The average molecular weight is 620 g/mol. The van der Waals surface area contributed by atoms with Crippen molar-refractivity contribution in [2.75, 3.05) is 0 Å². The van der Waals surface area contributed by atoms with Crippen molar-refractivity contribution in [3.8, 4) is 11.1 Å². The van der Waals surface area contributed by atoms with E-state index in [1.54, 1.807) is 0 Å². The number of hydrogen-bond acceptors (Lipinski definition) is 6. The number of ether oxygens (including phenoxy) is 2. The number of hydrogen-bond donors (Lipinski definition) is 3. The lowest BCUT2D eigenvalue weighted by atomic mass is 9.99. The van der Waals surface area contributed by atoms with Crippen molar-refractivity contribution in [2.24, 2.45) is 0 Å². The number of nitrogens with one attached hydrogen (secondary N) is 1. The molecule has 46 heavy (non-hydrogen) atoms. The first-order valence-electron chi connectivity index (χ1n) is 15.5. The number of carboxylic acids is 1. The third kappa shape index (κ3) is 7.69. The Kier molecular flexibility index (Phi) is 9.83. The second kappa shape index (κ2) is 14.5. The summed E-state index contributed by atoms with van der Waals surface area (Å²) in [6, 6.07) is 32.1. The molecule has 6 rings (SSSR count). The molecule has 2 heterocycles. The number of amides is 1. The molecule has 0 saturated carbocycles. The van der Waals surface area contributed by atoms with E-state index in [0.717, 1.165) is 44.4 Å². The summed E-state index contributed by atoms with van der Waals surface area (Å²) < 4.78 is 15.2. The molecule has 9 nitrogen and oxygen atoms in total. The highest BCUT2D eigenvalue weighted by Gasteiger charge is 2.32. The number of imidazole rings is 1. The molecular weight excluding hydrogens is 582 g/mol. The molecule has 3 atom stereocenters. The van der Waals surface area contributed by atoms with Gasteiger partial charge in [-0.05, 0) is 52.4 Å². The van der Waals surface area contributed by atoms with Gasteiger partial charge in [-0.1, -0.05) is 78.9 Å². The van der Waals surface area contributed by atoms with Gasteiger partial charge < -0.3 is 29.6 Å². The maximum Gasteiger partial charge on any atom is 0.303 e. The molecule has 236 valence electrons. The van der Waals surface area contributed by atoms with Crippen molar-refractivity contribution < 1.29 is 29.3 Å². The summed E-state index contributed by atoms with van der Waals surface area (Å²) in [7, 11) is 0. The lowest BCUT2D eigenvalue weighted by Gasteiger charge is -2.36. The van der Waals surface area contributed by atoms with E-state index in [-0.39, 0.29) is 37.6 Å². The van der Waals surface area contributed by atoms with Crippen molar-refractivity contribution in [1.29, 1.82) is 0 Å². The third-order valence-corrected chi connectivity index (χ3v) is 8.27. The summed E-state index contributed by atoms with van der Waals surface area (Å²) in [6.45, 7) is 0.995. The van der Waals surface area contributed by atoms with Crippen LogP contribution in [0.5, 0.6) is 0 Å². The van der Waals surface area contributed by atoms with Gasteiger partial charge in [0.2, 0.25) is 5.91 Å².